The van der Waals surface area contributed by atoms with Crippen LogP contribution in [0.25, 0.3) is 10.8 Å². The highest BCUT2D eigenvalue weighted by atomic mass is 32.1. The van der Waals surface area contributed by atoms with Gasteiger partial charge in [0.05, 0.1) is 25.3 Å². The molecule has 0 radical (unpaired) electrons. The Balaban J connectivity index is 2.00. The summed E-state index contributed by atoms with van der Waals surface area (Å²) in [6.07, 6.45) is 0. The minimum absolute atomic E-state index is 0.199. The fourth-order valence-corrected chi connectivity index (χ4v) is 3.45. The SMILES string of the molecule is COCCOC(=O)C1=C(C)N(C)C(=S)N[C@@H]1c1ccc2cc(OC)ccc2c1. The summed E-state index contributed by atoms with van der Waals surface area (Å²) in [4.78, 5) is 14.6. The van der Waals surface area contributed by atoms with Crippen LogP contribution in [0.1, 0.15) is 18.5 Å². The lowest BCUT2D eigenvalue weighted by molar-refractivity contribution is -0.140. The predicted octanol–water partition coefficient (Wildman–Crippen LogP) is 3.17. The molecule has 1 aliphatic heterocycles. The molecule has 1 N–H and O–H groups in total. The van der Waals surface area contributed by atoms with E-state index in [4.69, 9.17) is 26.4 Å². The number of allylic oxidation sites excluding steroid dienone is 1. The first-order valence-corrected chi connectivity index (χ1v) is 9.36. The number of benzene rings is 2. The van der Waals surface area contributed by atoms with Crippen LogP contribution in [0.5, 0.6) is 5.75 Å². The molecule has 3 rings (SSSR count). The highest BCUT2D eigenvalue weighted by molar-refractivity contribution is 7.80. The van der Waals surface area contributed by atoms with E-state index >= 15 is 0 Å². The van der Waals surface area contributed by atoms with Crippen molar-refractivity contribution in [2.24, 2.45) is 0 Å². The van der Waals surface area contributed by atoms with E-state index in [-0.39, 0.29) is 18.6 Å². The van der Waals surface area contributed by atoms with E-state index in [0.717, 1.165) is 27.8 Å². The number of esters is 1. The number of carbonyl (C=O) groups excluding carboxylic acids is 1. The van der Waals surface area contributed by atoms with Gasteiger partial charge in [-0.1, -0.05) is 18.2 Å². The number of ether oxygens (including phenoxy) is 3. The van der Waals surface area contributed by atoms with Crippen LogP contribution in [-0.4, -0.2) is 50.5 Å². The molecule has 0 fully saturated rings. The first-order valence-electron chi connectivity index (χ1n) is 8.95. The van der Waals surface area contributed by atoms with Gasteiger partial charge in [0.15, 0.2) is 5.11 Å². The lowest BCUT2D eigenvalue weighted by Gasteiger charge is -2.35. The molecule has 28 heavy (non-hydrogen) atoms. The lowest BCUT2D eigenvalue weighted by Crippen LogP contribution is -2.46. The van der Waals surface area contributed by atoms with Crippen molar-refractivity contribution in [2.75, 3.05) is 34.5 Å². The number of nitrogens with zero attached hydrogens (tertiary/aromatic N) is 1. The molecule has 0 spiro atoms. The Morgan fingerprint density at radius 3 is 2.57 bits per heavy atom. The summed E-state index contributed by atoms with van der Waals surface area (Å²) in [6.45, 7) is 2.42. The third-order valence-corrected chi connectivity index (χ3v) is 5.29. The Morgan fingerprint density at radius 2 is 1.86 bits per heavy atom. The van der Waals surface area contributed by atoms with Crippen molar-refractivity contribution in [3.63, 3.8) is 0 Å². The van der Waals surface area contributed by atoms with Crippen molar-refractivity contribution >= 4 is 34.1 Å². The van der Waals surface area contributed by atoms with Crippen LogP contribution in [0.2, 0.25) is 0 Å². The molecule has 148 valence electrons. The normalized spacial score (nSPS) is 16.9. The third-order valence-electron chi connectivity index (χ3n) is 4.90. The molecule has 6 nitrogen and oxygen atoms in total. The molecule has 0 aromatic heterocycles. The van der Waals surface area contributed by atoms with Gasteiger partial charge in [-0.05, 0) is 53.7 Å². The summed E-state index contributed by atoms with van der Waals surface area (Å²) in [7, 11) is 5.05. The number of hydrogen-bond donors (Lipinski definition) is 1. The van der Waals surface area contributed by atoms with E-state index in [1.807, 2.05) is 44.3 Å². The molecule has 1 atom stereocenters. The molecule has 0 amide bonds. The molecule has 0 unspecified atom stereocenters. The fraction of sp³-hybridized carbons (Fsp3) is 0.333. The Labute approximate surface area is 170 Å². The Kier molecular flexibility index (Phi) is 6.16. The van der Waals surface area contributed by atoms with Crippen molar-refractivity contribution in [3.8, 4) is 5.75 Å². The summed E-state index contributed by atoms with van der Waals surface area (Å²) in [5.74, 6) is 0.424. The molecular weight excluding hydrogens is 376 g/mol. The minimum Gasteiger partial charge on any atom is -0.497 e. The van der Waals surface area contributed by atoms with E-state index in [0.29, 0.717) is 17.3 Å². The molecule has 0 saturated carbocycles. The van der Waals surface area contributed by atoms with Gasteiger partial charge in [-0.3, -0.25) is 0 Å². The van der Waals surface area contributed by atoms with Gasteiger partial charge in [-0.15, -0.1) is 0 Å². The average molecular weight is 401 g/mol. The monoisotopic (exact) mass is 400 g/mol. The molecule has 0 bridgehead atoms. The van der Waals surface area contributed by atoms with E-state index in [9.17, 15) is 4.79 Å². The van der Waals surface area contributed by atoms with Gasteiger partial charge in [0.1, 0.15) is 12.4 Å². The quantitative estimate of drug-likeness (QED) is 0.454. The number of methoxy groups -OCH3 is 2. The number of fused-ring (bicyclic) bond motifs is 1. The maximum Gasteiger partial charge on any atom is 0.338 e. The fourth-order valence-electron chi connectivity index (χ4n) is 3.19. The average Bonchev–Trinajstić information content (AvgIpc) is 2.71. The van der Waals surface area contributed by atoms with E-state index in [2.05, 4.69) is 11.4 Å². The number of carbonyl (C=O) groups is 1. The Hall–Kier alpha value is -2.64. The van der Waals surface area contributed by atoms with Crippen LogP contribution >= 0.6 is 12.2 Å². The van der Waals surface area contributed by atoms with Crippen molar-refractivity contribution in [1.29, 1.82) is 0 Å². The van der Waals surface area contributed by atoms with E-state index in [1.54, 1.807) is 19.1 Å². The number of thiocarbonyl (C=S) groups is 1. The van der Waals surface area contributed by atoms with Gasteiger partial charge in [0.2, 0.25) is 0 Å². The van der Waals surface area contributed by atoms with Crippen LogP contribution < -0.4 is 10.1 Å². The first-order chi connectivity index (χ1) is 13.5. The van der Waals surface area contributed by atoms with Crippen molar-refractivity contribution in [1.82, 2.24) is 10.2 Å². The third kappa shape index (κ3) is 3.95. The van der Waals surface area contributed by atoms with Crippen LogP contribution in [0.3, 0.4) is 0 Å². The highest BCUT2D eigenvalue weighted by Crippen LogP contribution is 2.33. The van der Waals surface area contributed by atoms with Gasteiger partial charge >= 0.3 is 5.97 Å². The second-order valence-electron chi connectivity index (χ2n) is 6.54. The second-order valence-corrected chi connectivity index (χ2v) is 6.93. The van der Waals surface area contributed by atoms with E-state index in [1.165, 1.54) is 0 Å². The maximum atomic E-state index is 12.8. The van der Waals surface area contributed by atoms with Crippen molar-refractivity contribution < 1.29 is 19.0 Å². The number of nitrogens with one attached hydrogen (secondary N) is 1. The zero-order valence-corrected chi connectivity index (χ0v) is 17.3. The molecule has 7 heteroatoms. The zero-order chi connectivity index (χ0) is 20.3. The molecule has 0 aliphatic carbocycles. The van der Waals surface area contributed by atoms with Gasteiger partial charge in [0.25, 0.3) is 0 Å². The number of hydrogen-bond acceptors (Lipinski definition) is 5. The zero-order valence-electron chi connectivity index (χ0n) is 16.4. The molecular formula is C21H24N2O4S. The van der Waals surface area contributed by atoms with Crippen molar-refractivity contribution in [3.05, 3.63) is 53.2 Å². The Bertz CT molecular complexity index is 941. The molecule has 2 aromatic carbocycles. The standard InChI is InChI=1S/C21H24N2O4S/c1-13-18(20(24)27-10-9-25-3)19(22-21(28)23(13)2)16-6-5-15-12-17(26-4)8-7-14(15)11-16/h5-8,11-12,19H,9-10H2,1-4H3,(H,22,28)/t19-/m1/s1. The highest BCUT2D eigenvalue weighted by Gasteiger charge is 2.33. The molecule has 1 aliphatic rings. The predicted molar refractivity (Wildman–Crippen MR) is 112 cm³/mol. The summed E-state index contributed by atoms with van der Waals surface area (Å²) >= 11 is 5.45. The topological polar surface area (TPSA) is 60.0 Å². The molecule has 0 saturated heterocycles. The van der Waals surface area contributed by atoms with Crippen LogP contribution in [-0.2, 0) is 14.3 Å². The van der Waals surface area contributed by atoms with E-state index < -0.39 is 0 Å². The smallest absolute Gasteiger partial charge is 0.338 e. The lowest BCUT2D eigenvalue weighted by atomic mass is 9.93. The maximum absolute atomic E-state index is 12.8. The summed E-state index contributed by atoms with van der Waals surface area (Å²) in [5, 5.41) is 5.93. The van der Waals surface area contributed by atoms with Crippen LogP contribution in [0, 0.1) is 0 Å². The van der Waals surface area contributed by atoms with Gasteiger partial charge in [-0.25, -0.2) is 4.79 Å². The summed E-state index contributed by atoms with van der Waals surface area (Å²) in [6, 6.07) is 11.6. The molecule has 2 aromatic rings. The number of rotatable bonds is 6. The second kappa shape index (κ2) is 8.58. The van der Waals surface area contributed by atoms with Gasteiger partial charge in [0, 0.05) is 19.9 Å². The van der Waals surface area contributed by atoms with Crippen LogP contribution in [0.15, 0.2) is 47.7 Å². The minimum atomic E-state index is -0.384. The van der Waals surface area contributed by atoms with Crippen molar-refractivity contribution in [2.45, 2.75) is 13.0 Å². The summed E-state index contributed by atoms with van der Waals surface area (Å²) in [5.41, 5.74) is 2.25. The summed E-state index contributed by atoms with van der Waals surface area (Å²) < 4.78 is 15.7. The Morgan fingerprint density at radius 1 is 1.14 bits per heavy atom. The van der Waals surface area contributed by atoms with Gasteiger partial charge in [-0.2, -0.15) is 0 Å². The first kappa shape index (κ1) is 20.1. The van der Waals surface area contributed by atoms with Crippen LogP contribution in [0.4, 0.5) is 0 Å². The molecule has 1 heterocycles. The van der Waals surface area contributed by atoms with Gasteiger partial charge < -0.3 is 24.4 Å². The largest absolute Gasteiger partial charge is 0.497 e.